The number of benzene rings is 1. The Bertz CT molecular complexity index is 815. The first-order valence-electron chi connectivity index (χ1n) is 9.21. The Labute approximate surface area is 159 Å². The molecule has 27 heavy (non-hydrogen) atoms. The molecule has 0 spiro atoms. The first kappa shape index (κ1) is 18.8. The van der Waals surface area contributed by atoms with Crippen LogP contribution >= 0.6 is 0 Å². The van der Waals surface area contributed by atoms with E-state index in [9.17, 15) is 9.59 Å². The summed E-state index contributed by atoms with van der Waals surface area (Å²) in [6.07, 6.45) is 6.14. The zero-order chi connectivity index (χ0) is 19.2. The van der Waals surface area contributed by atoms with Gasteiger partial charge in [0, 0.05) is 39.0 Å². The molecular weight excluding hydrogens is 342 g/mol. The number of hydrogen-bond donors (Lipinski definition) is 0. The zero-order valence-corrected chi connectivity index (χ0v) is 15.8. The maximum absolute atomic E-state index is 12.6. The first-order chi connectivity index (χ1) is 13.1. The van der Waals surface area contributed by atoms with Crippen LogP contribution in [0, 0.1) is 5.92 Å². The molecule has 0 saturated carbocycles. The third-order valence-electron chi connectivity index (χ3n) is 4.72. The Hall–Kier alpha value is -2.96. The van der Waals surface area contributed by atoms with E-state index in [1.807, 2.05) is 54.3 Å². The van der Waals surface area contributed by atoms with Gasteiger partial charge in [-0.3, -0.25) is 9.59 Å². The molecule has 2 amide bonds. The van der Waals surface area contributed by atoms with E-state index in [2.05, 4.69) is 10.3 Å². The summed E-state index contributed by atoms with van der Waals surface area (Å²) >= 11 is 0. The first-order valence-corrected chi connectivity index (χ1v) is 9.21. The highest BCUT2D eigenvalue weighted by atomic mass is 16.2. The normalized spacial score (nSPS) is 17.0. The second-order valence-corrected chi connectivity index (χ2v) is 6.83. The third-order valence-corrected chi connectivity index (χ3v) is 4.72. The molecule has 3 rings (SSSR count). The Kier molecular flexibility index (Phi) is 6.01. The standard InChI is InChI=1S/C20H25N5O2/c1-3-24-14-17(12-19(24)26)13-23(2)20(27)18-15-25(22-21-18)11-7-10-16-8-5-4-6-9-16/h4-10,15,17H,3,11-14H2,1-2H3/b10-7+/t17-/m0/s1. The van der Waals surface area contributed by atoms with Crippen molar-refractivity contribution in [2.24, 2.45) is 5.92 Å². The Morgan fingerprint density at radius 2 is 2.11 bits per heavy atom. The number of likely N-dealkylation sites (tertiary alicyclic amines) is 1. The molecule has 7 heteroatoms. The fourth-order valence-corrected chi connectivity index (χ4v) is 3.29. The Balaban J connectivity index is 1.53. The molecule has 142 valence electrons. The molecule has 2 heterocycles. The van der Waals surface area contributed by atoms with Gasteiger partial charge in [0.15, 0.2) is 5.69 Å². The number of rotatable bonds is 7. The summed E-state index contributed by atoms with van der Waals surface area (Å²) in [6, 6.07) is 9.99. The van der Waals surface area contributed by atoms with Crippen molar-refractivity contribution in [1.82, 2.24) is 24.8 Å². The summed E-state index contributed by atoms with van der Waals surface area (Å²) in [5.41, 5.74) is 1.43. The number of allylic oxidation sites excluding steroid dienone is 1. The van der Waals surface area contributed by atoms with Crippen molar-refractivity contribution in [2.75, 3.05) is 26.7 Å². The maximum atomic E-state index is 12.6. The lowest BCUT2D eigenvalue weighted by Crippen LogP contribution is -2.33. The van der Waals surface area contributed by atoms with E-state index in [0.717, 1.165) is 12.1 Å². The van der Waals surface area contributed by atoms with Gasteiger partial charge in [-0.1, -0.05) is 47.7 Å². The van der Waals surface area contributed by atoms with E-state index in [1.165, 1.54) is 0 Å². The smallest absolute Gasteiger partial charge is 0.275 e. The van der Waals surface area contributed by atoms with Crippen LogP contribution in [0.15, 0.2) is 42.6 Å². The van der Waals surface area contributed by atoms with Gasteiger partial charge in [-0.2, -0.15) is 0 Å². The highest BCUT2D eigenvalue weighted by Gasteiger charge is 2.30. The Morgan fingerprint density at radius 3 is 2.81 bits per heavy atom. The van der Waals surface area contributed by atoms with Gasteiger partial charge in [0.2, 0.25) is 5.91 Å². The number of carbonyl (C=O) groups is 2. The van der Waals surface area contributed by atoms with Gasteiger partial charge in [0.1, 0.15) is 0 Å². The predicted octanol–water partition coefficient (Wildman–Crippen LogP) is 1.93. The van der Waals surface area contributed by atoms with Gasteiger partial charge in [-0.25, -0.2) is 4.68 Å². The van der Waals surface area contributed by atoms with E-state index in [-0.39, 0.29) is 17.7 Å². The second kappa shape index (κ2) is 8.62. The van der Waals surface area contributed by atoms with Crippen molar-refractivity contribution in [3.63, 3.8) is 0 Å². The highest BCUT2D eigenvalue weighted by molar-refractivity contribution is 5.91. The SMILES string of the molecule is CCN1C[C@H](CN(C)C(=O)c2cn(C/C=C/c3ccccc3)nn2)CC1=O. The molecule has 1 fully saturated rings. The summed E-state index contributed by atoms with van der Waals surface area (Å²) in [5.74, 6) is 0.172. The summed E-state index contributed by atoms with van der Waals surface area (Å²) in [5, 5.41) is 8.02. The molecule has 1 aromatic carbocycles. The molecule has 0 N–H and O–H groups in total. The predicted molar refractivity (Wildman–Crippen MR) is 103 cm³/mol. The van der Waals surface area contributed by atoms with Crippen LogP contribution < -0.4 is 0 Å². The second-order valence-electron chi connectivity index (χ2n) is 6.83. The van der Waals surface area contributed by atoms with Crippen molar-refractivity contribution in [3.8, 4) is 0 Å². The molecule has 1 saturated heterocycles. The number of carbonyl (C=O) groups excluding carboxylic acids is 2. The topological polar surface area (TPSA) is 71.3 Å². The summed E-state index contributed by atoms with van der Waals surface area (Å²) < 4.78 is 1.64. The van der Waals surface area contributed by atoms with Crippen LogP contribution in [0.4, 0.5) is 0 Å². The minimum atomic E-state index is -0.171. The van der Waals surface area contributed by atoms with Crippen LogP contribution in [0.1, 0.15) is 29.4 Å². The number of aromatic nitrogens is 3. The minimum absolute atomic E-state index is 0.166. The van der Waals surface area contributed by atoms with Crippen molar-refractivity contribution < 1.29 is 9.59 Å². The summed E-state index contributed by atoms with van der Waals surface area (Å²) in [7, 11) is 1.75. The number of amides is 2. The van der Waals surface area contributed by atoms with Gasteiger partial charge >= 0.3 is 0 Å². The molecule has 1 atom stereocenters. The quantitative estimate of drug-likeness (QED) is 0.750. The van der Waals surface area contributed by atoms with Crippen molar-refractivity contribution in [3.05, 3.63) is 53.9 Å². The molecule has 0 unspecified atom stereocenters. The minimum Gasteiger partial charge on any atom is -0.343 e. The summed E-state index contributed by atoms with van der Waals surface area (Å²) in [4.78, 5) is 27.9. The molecule has 1 aliphatic heterocycles. The van der Waals surface area contributed by atoms with Crippen LogP contribution in [0.3, 0.4) is 0 Å². The number of hydrogen-bond acceptors (Lipinski definition) is 4. The largest absolute Gasteiger partial charge is 0.343 e. The lowest BCUT2D eigenvalue weighted by molar-refractivity contribution is -0.127. The summed E-state index contributed by atoms with van der Waals surface area (Å²) in [6.45, 7) is 4.49. The number of nitrogens with zero attached hydrogens (tertiary/aromatic N) is 5. The van der Waals surface area contributed by atoms with Crippen molar-refractivity contribution in [2.45, 2.75) is 19.9 Å². The highest BCUT2D eigenvalue weighted by Crippen LogP contribution is 2.18. The molecule has 0 bridgehead atoms. The van der Waals surface area contributed by atoms with Crippen LogP contribution in [-0.2, 0) is 11.3 Å². The average molecular weight is 367 g/mol. The lowest BCUT2D eigenvalue weighted by atomic mass is 10.1. The van der Waals surface area contributed by atoms with Gasteiger partial charge < -0.3 is 9.80 Å². The molecule has 1 aliphatic rings. The molecule has 0 radical (unpaired) electrons. The monoisotopic (exact) mass is 367 g/mol. The average Bonchev–Trinajstić information content (AvgIpc) is 3.28. The van der Waals surface area contributed by atoms with Crippen molar-refractivity contribution >= 4 is 17.9 Å². The molecule has 0 aliphatic carbocycles. The van der Waals surface area contributed by atoms with Crippen molar-refractivity contribution in [1.29, 1.82) is 0 Å². The molecular formula is C20H25N5O2. The van der Waals surface area contributed by atoms with E-state index in [1.54, 1.807) is 22.8 Å². The molecule has 7 nitrogen and oxygen atoms in total. The van der Waals surface area contributed by atoms with E-state index >= 15 is 0 Å². The van der Waals surface area contributed by atoms with E-state index < -0.39 is 0 Å². The van der Waals surface area contributed by atoms with Gasteiger partial charge in [-0.05, 0) is 12.5 Å². The third kappa shape index (κ3) is 4.81. The van der Waals surface area contributed by atoms with Crippen LogP contribution in [0.25, 0.3) is 6.08 Å². The lowest BCUT2D eigenvalue weighted by Gasteiger charge is -2.20. The van der Waals surface area contributed by atoms with E-state index in [4.69, 9.17) is 0 Å². The molecule has 2 aromatic rings. The van der Waals surface area contributed by atoms with Crippen LogP contribution in [0.2, 0.25) is 0 Å². The van der Waals surface area contributed by atoms with Gasteiger partial charge in [0.05, 0.1) is 12.7 Å². The Morgan fingerprint density at radius 1 is 1.33 bits per heavy atom. The fourth-order valence-electron chi connectivity index (χ4n) is 3.29. The van der Waals surface area contributed by atoms with Gasteiger partial charge in [-0.15, -0.1) is 5.10 Å². The fraction of sp³-hybridized carbons (Fsp3) is 0.400. The van der Waals surface area contributed by atoms with Gasteiger partial charge in [0.25, 0.3) is 5.91 Å². The molecule has 1 aromatic heterocycles. The van der Waals surface area contributed by atoms with Crippen LogP contribution in [-0.4, -0.2) is 63.3 Å². The maximum Gasteiger partial charge on any atom is 0.275 e. The van der Waals surface area contributed by atoms with Crippen LogP contribution in [0.5, 0.6) is 0 Å². The zero-order valence-electron chi connectivity index (χ0n) is 15.8. The van der Waals surface area contributed by atoms with E-state index in [0.29, 0.717) is 31.7 Å².